The summed E-state index contributed by atoms with van der Waals surface area (Å²) in [5.74, 6) is 0. The van der Waals surface area contributed by atoms with Gasteiger partial charge in [-0.2, -0.15) is 71.8 Å². The van der Waals surface area contributed by atoms with Gasteiger partial charge in [0.05, 0.1) is 0 Å². The minimum absolute atomic E-state index is 0. The van der Waals surface area contributed by atoms with Gasteiger partial charge in [-0.3, -0.25) is 0 Å². The van der Waals surface area contributed by atoms with Crippen LogP contribution in [0.4, 0.5) is 0 Å². The minimum atomic E-state index is 0. The normalized spacial score (nSPS) is 9.30. The summed E-state index contributed by atoms with van der Waals surface area (Å²) in [6, 6.07) is 30.8. The molecular formula is C22H22Y-2. The summed E-state index contributed by atoms with van der Waals surface area (Å²) < 4.78 is 0. The molecule has 0 fully saturated rings. The van der Waals surface area contributed by atoms with Gasteiger partial charge in [0.15, 0.2) is 0 Å². The van der Waals surface area contributed by atoms with Crippen molar-refractivity contribution < 1.29 is 32.7 Å². The maximum Gasteiger partial charge on any atom is 0 e. The van der Waals surface area contributed by atoms with Crippen LogP contribution in [0.25, 0.3) is 0 Å². The third-order valence-corrected chi connectivity index (χ3v) is 3.48. The summed E-state index contributed by atoms with van der Waals surface area (Å²) >= 11 is 0. The fourth-order valence-electron chi connectivity index (χ4n) is 2.20. The van der Waals surface area contributed by atoms with Crippen LogP contribution >= 0.6 is 0 Å². The average molecular weight is 375 g/mol. The van der Waals surface area contributed by atoms with Crippen LogP contribution in [-0.2, 0) is 45.6 Å². The van der Waals surface area contributed by atoms with E-state index < -0.39 is 0 Å². The maximum absolute atomic E-state index is 3.04. The number of hydrogen-bond donors (Lipinski definition) is 0. The first-order valence-electron chi connectivity index (χ1n) is 7.73. The Morgan fingerprint density at radius 3 is 1.83 bits per heavy atom. The van der Waals surface area contributed by atoms with Gasteiger partial charge in [-0.1, -0.05) is 38.1 Å². The van der Waals surface area contributed by atoms with Gasteiger partial charge in [0, 0.05) is 32.7 Å². The summed E-state index contributed by atoms with van der Waals surface area (Å²) in [5, 5.41) is 0. The van der Waals surface area contributed by atoms with E-state index in [1.807, 2.05) is 36.4 Å². The fraction of sp³-hybridized carbons (Fsp3) is 0.182. The van der Waals surface area contributed by atoms with Crippen molar-refractivity contribution in [3.8, 4) is 0 Å². The third kappa shape index (κ3) is 7.72. The zero-order valence-electron chi connectivity index (χ0n) is 13.9. The molecule has 115 valence electrons. The fourth-order valence-corrected chi connectivity index (χ4v) is 2.20. The number of hydrogen-bond acceptors (Lipinski definition) is 0. The van der Waals surface area contributed by atoms with E-state index in [4.69, 9.17) is 0 Å². The molecule has 3 rings (SSSR count). The molecule has 0 aliphatic carbocycles. The van der Waals surface area contributed by atoms with Gasteiger partial charge in [0.25, 0.3) is 0 Å². The minimum Gasteiger partial charge on any atom is -0.184 e. The Hall–Kier alpha value is -1.24. The Balaban J connectivity index is 0.000000280. The Morgan fingerprint density at radius 1 is 0.739 bits per heavy atom. The van der Waals surface area contributed by atoms with Crippen molar-refractivity contribution in [2.24, 2.45) is 0 Å². The van der Waals surface area contributed by atoms with Gasteiger partial charge in [-0.15, -0.1) is 0 Å². The molecule has 23 heavy (non-hydrogen) atoms. The van der Waals surface area contributed by atoms with Gasteiger partial charge < -0.3 is 0 Å². The quantitative estimate of drug-likeness (QED) is 0.536. The van der Waals surface area contributed by atoms with Crippen molar-refractivity contribution in [3.05, 3.63) is 107 Å². The maximum atomic E-state index is 3.04. The molecule has 0 aromatic heterocycles. The Morgan fingerprint density at radius 2 is 1.30 bits per heavy atom. The van der Waals surface area contributed by atoms with Crippen molar-refractivity contribution in [2.45, 2.75) is 26.7 Å². The summed E-state index contributed by atoms with van der Waals surface area (Å²) in [4.78, 5) is 0. The Labute approximate surface area is 165 Å². The number of aryl methyl sites for hydroxylation is 2. The monoisotopic (exact) mass is 375 g/mol. The van der Waals surface area contributed by atoms with Gasteiger partial charge >= 0.3 is 0 Å². The van der Waals surface area contributed by atoms with Crippen molar-refractivity contribution in [3.63, 3.8) is 0 Å². The van der Waals surface area contributed by atoms with E-state index in [9.17, 15) is 0 Å². The molecule has 1 radical (unpaired) electrons. The molecule has 0 saturated heterocycles. The van der Waals surface area contributed by atoms with E-state index in [1.54, 1.807) is 0 Å². The van der Waals surface area contributed by atoms with Crippen LogP contribution in [-0.4, -0.2) is 0 Å². The van der Waals surface area contributed by atoms with Gasteiger partial charge in [0.2, 0.25) is 0 Å². The van der Waals surface area contributed by atoms with Crippen LogP contribution in [0.1, 0.15) is 29.2 Å². The van der Waals surface area contributed by atoms with Crippen molar-refractivity contribution in [1.29, 1.82) is 0 Å². The van der Waals surface area contributed by atoms with Gasteiger partial charge in [-0.05, 0) is 24.0 Å². The van der Waals surface area contributed by atoms with E-state index in [0.717, 1.165) is 12.8 Å². The summed E-state index contributed by atoms with van der Waals surface area (Å²) in [5.41, 5.74) is 5.44. The Bertz CT molecular complexity index is 660. The van der Waals surface area contributed by atoms with E-state index in [-0.39, 0.29) is 32.7 Å². The second kappa shape index (κ2) is 11.3. The summed E-state index contributed by atoms with van der Waals surface area (Å²) in [7, 11) is 0. The molecular weight excluding hydrogens is 353 g/mol. The third-order valence-electron chi connectivity index (χ3n) is 3.48. The van der Waals surface area contributed by atoms with E-state index in [0.29, 0.717) is 0 Å². The standard InChI is InChI=1S/C15H15.C7H7.Y/c1-2-13-9-6-10-15(11-13)12-14-7-4-3-5-8-14;1-7-5-3-2-4-6-7;/h4-11H,2,12H2,1H3;3-6H,1H3;/q2*-1;. The molecule has 0 amide bonds. The number of rotatable bonds is 3. The largest absolute Gasteiger partial charge is 0.184 e. The van der Waals surface area contributed by atoms with Crippen LogP contribution in [0.3, 0.4) is 0 Å². The molecule has 0 aliphatic heterocycles. The zero-order valence-corrected chi connectivity index (χ0v) is 16.8. The summed E-state index contributed by atoms with van der Waals surface area (Å²) in [6.45, 7) is 4.25. The van der Waals surface area contributed by atoms with E-state index in [2.05, 4.69) is 62.4 Å². The molecule has 0 atom stereocenters. The molecule has 0 heterocycles. The average Bonchev–Trinajstić information content (AvgIpc) is 2.57. The van der Waals surface area contributed by atoms with E-state index in [1.165, 1.54) is 22.3 Å². The summed E-state index contributed by atoms with van der Waals surface area (Å²) in [6.07, 6.45) is 2.12. The second-order valence-corrected chi connectivity index (χ2v) is 5.34. The molecule has 0 N–H and O–H groups in total. The smallest absolute Gasteiger partial charge is 0 e. The van der Waals surface area contributed by atoms with Crippen molar-refractivity contribution in [2.75, 3.05) is 0 Å². The molecule has 0 nitrogen and oxygen atoms in total. The predicted octanol–water partition coefficient (Wildman–Crippen LogP) is 5.43. The molecule has 0 unspecified atom stereocenters. The van der Waals surface area contributed by atoms with Crippen LogP contribution in [0.2, 0.25) is 0 Å². The molecule has 0 bridgehead atoms. The predicted molar refractivity (Wildman–Crippen MR) is 93.9 cm³/mol. The first kappa shape index (κ1) is 19.8. The molecule has 0 saturated carbocycles. The van der Waals surface area contributed by atoms with Gasteiger partial charge in [0.1, 0.15) is 0 Å². The molecule has 3 aromatic rings. The Kier molecular flexibility index (Phi) is 9.75. The molecule has 0 aliphatic rings. The van der Waals surface area contributed by atoms with Crippen LogP contribution in [0, 0.1) is 19.1 Å². The van der Waals surface area contributed by atoms with Crippen molar-refractivity contribution in [1.82, 2.24) is 0 Å². The topological polar surface area (TPSA) is 0 Å². The SMILES string of the molecule is CCc1cccc(Cc2cc[c-]cc2)c1.Cc1cc[c-]cc1.[Y]. The second-order valence-electron chi connectivity index (χ2n) is 5.34. The molecule has 0 spiro atoms. The van der Waals surface area contributed by atoms with Crippen LogP contribution < -0.4 is 0 Å². The van der Waals surface area contributed by atoms with Gasteiger partial charge in [-0.25, -0.2) is 0 Å². The van der Waals surface area contributed by atoms with Crippen LogP contribution in [0.15, 0.2) is 72.8 Å². The molecule has 3 aromatic carbocycles. The number of benzene rings is 3. The van der Waals surface area contributed by atoms with Crippen LogP contribution in [0.5, 0.6) is 0 Å². The van der Waals surface area contributed by atoms with Crippen molar-refractivity contribution >= 4 is 0 Å². The zero-order chi connectivity index (χ0) is 15.6. The first-order valence-corrected chi connectivity index (χ1v) is 7.73. The molecule has 1 heteroatoms. The first-order chi connectivity index (χ1) is 10.8. The van der Waals surface area contributed by atoms with E-state index >= 15 is 0 Å².